The summed E-state index contributed by atoms with van der Waals surface area (Å²) in [5.74, 6) is -1.05. The number of amides is 1. The summed E-state index contributed by atoms with van der Waals surface area (Å²) in [5, 5.41) is 18.0. The summed E-state index contributed by atoms with van der Waals surface area (Å²) in [4.78, 5) is 23.2. The van der Waals surface area contributed by atoms with Crippen molar-refractivity contribution in [3.8, 4) is 0 Å². The summed E-state index contributed by atoms with van der Waals surface area (Å²) in [6, 6.07) is 8.92. The fourth-order valence-electron chi connectivity index (χ4n) is 2.02. The van der Waals surface area contributed by atoms with Crippen LogP contribution in [0.4, 0.5) is 4.79 Å². The van der Waals surface area contributed by atoms with Gasteiger partial charge < -0.3 is 0 Å². The first-order valence-electron chi connectivity index (χ1n) is 5.52. The number of benzene rings is 1. The van der Waals surface area contributed by atoms with Gasteiger partial charge in [0.15, 0.2) is 0 Å². The molecule has 1 amide bonds. The summed E-state index contributed by atoms with van der Waals surface area (Å²) in [6.45, 7) is 0.321. The topological polar surface area (TPSA) is 77.8 Å². The van der Waals surface area contributed by atoms with Gasteiger partial charge in [-0.05, 0) is 0 Å². The fraction of sp³-hybridized carbons (Fsp3) is 0.333. The van der Waals surface area contributed by atoms with Crippen LogP contribution in [0.1, 0.15) is 6.42 Å². The predicted octanol–water partition coefficient (Wildman–Crippen LogP) is 0.641. The second kappa shape index (κ2) is 5.42. The molecule has 5 nitrogen and oxygen atoms in total. The molecule has 0 unspecified atom stereocenters. The Kier molecular flexibility index (Phi) is 3.89. The van der Waals surface area contributed by atoms with Gasteiger partial charge in [0.1, 0.15) is 0 Å². The molecule has 96 valence electrons. The van der Waals surface area contributed by atoms with Gasteiger partial charge >= 0.3 is 110 Å². The van der Waals surface area contributed by atoms with Gasteiger partial charge in [-0.15, -0.1) is 0 Å². The molecule has 1 aliphatic rings. The summed E-state index contributed by atoms with van der Waals surface area (Å²) in [6.07, 6.45) is -0.731. The second-order valence-electron chi connectivity index (χ2n) is 4.08. The third-order valence-electron chi connectivity index (χ3n) is 2.84. The van der Waals surface area contributed by atoms with Crippen LogP contribution < -0.4 is 4.46 Å². The first-order valence-corrected chi connectivity index (χ1v) is 7.36. The zero-order valence-corrected chi connectivity index (χ0v) is 11.2. The van der Waals surface area contributed by atoms with Crippen LogP contribution >= 0.6 is 0 Å². The molecule has 2 N–H and O–H groups in total. The Morgan fingerprint density at radius 3 is 2.39 bits per heavy atom. The van der Waals surface area contributed by atoms with Crippen molar-refractivity contribution in [1.82, 2.24) is 4.90 Å². The molecule has 2 rings (SSSR count). The van der Waals surface area contributed by atoms with Gasteiger partial charge in [0.2, 0.25) is 0 Å². The number of carbonyl (C=O) groups is 2. The Morgan fingerprint density at radius 1 is 1.22 bits per heavy atom. The molecule has 1 aromatic carbocycles. The monoisotopic (exact) mass is 315 g/mol. The van der Waals surface area contributed by atoms with Gasteiger partial charge in [0, 0.05) is 0 Å². The van der Waals surface area contributed by atoms with Crippen molar-refractivity contribution in [2.45, 2.75) is 17.3 Å². The van der Waals surface area contributed by atoms with E-state index in [9.17, 15) is 9.59 Å². The second-order valence-corrected chi connectivity index (χ2v) is 6.96. The molecular formula is C12H13NO4Se. The van der Waals surface area contributed by atoms with Gasteiger partial charge in [0.05, 0.1) is 0 Å². The first-order chi connectivity index (χ1) is 8.58. The molecule has 1 aromatic rings. The van der Waals surface area contributed by atoms with E-state index in [0.717, 1.165) is 4.90 Å². The number of nitrogens with zero attached hydrogens (tertiary/aromatic N) is 1. The number of likely N-dealkylation sites (tertiary alicyclic amines) is 1. The van der Waals surface area contributed by atoms with Crippen LogP contribution in [0, 0.1) is 0 Å². The maximum absolute atomic E-state index is 11.0. The van der Waals surface area contributed by atoms with Crippen LogP contribution in [0.2, 0.25) is 4.82 Å². The van der Waals surface area contributed by atoms with Crippen LogP contribution in [0.5, 0.6) is 0 Å². The molecule has 2 atom stereocenters. The normalized spacial score (nSPS) is 23.0. The molecule has 18 heavy (non-hydrogen) atoms. The molecule has 0 bridgehead atoms. The molecule has 1 fully saturated rings. The number of carboxylic acid groups (broad SMARTS) is 2. The zero-order chi connectivity index (χ0) is 13.1. The summed E-state index contributed by atoms with van der Waals surface area (Å²) >= 11 is 0.110. The van der Waals surface area contributed by atoms with Gasteiger partial charge in [-0.3, -0.25) is 0 Å². The van der Waals surface area contributed by atoms with Crippen LogP contribution in [0.25, 0.3) is 0 Å². The van der Waals surface area contributed by atoms with Crippen LogP contribution in [0.15, 0.2) is 30.3 Å². The SMILES string of the molecule is O=C(O)[C@H]1C[C@H]([Se]c2ccccc2)CN1C(=O)O. The van der Waals surface area contributed by atoms with E-state index in [-0.39, 0.29) is 19.8 Å². The Balaban J connectivity index is 2.05. The van der Waals surface area contributed by atoms with Gasteiger partial charge in [-0.2, -0.15) is 0 Å². The first kappa shape index (κ1) is 12.9. The van der Waals surface area contributed by atoms with Crippen LogP contribution in [-0.4, -0.2) is 54.7 Å². The van der Waals surface area contributed by atoms with Crippen molar-refractivity contribution in [3.63, 3.8) is 0 Å². The quantitative estimate of drug-likeness (QED) is 0.803. The maximum atomic E-state index is 11.0. The van der Waals surface area contributed by atoms with Crippen molar-refractivity contribution in [2.75, 3.05) is 6.54 Å². The molecule has 1 aliphatic heterocycles. The van der Waals surface area contributed by atoms with Crippen molar-refractivity contribution < 1.29 is 19.8 Å². The van der Waals surface area contributed by atoms with E-state index in [1.54, 1.807) is 0 Å². The molecule has 1 saturated heterocycles. The van der Waals surface area contributed by atoms with Crippen LogP contribution in [0.3, 0.4) is 0 Å². The number of rotatable bonds is 3. The van der Waals surface area contributed by atoms with Crippen LogP contribution in [-0.2, 0) is 4.79 Å². The number of hydrogen-bond donors (Lipinski definition) is 2. The molecule has 0 aliphatic carbocycles. The van der Waals surface area contributed by atoms with Gasteiger partial charge in [-0.1, -0.05) is 0 Å². The Bertz CT molecular complexity index is 429. The van der Waals surface area contributed by atoms with E-state index < -0.39 is 18.1 Å². The van der Waals surface area contributed by atoms with Gasteiger partial charge in [0.25, 0.3) is 0 Å². The van der Waals surface area contributed by atoms with E-state index in [4.69, 9.17) is 10.2 Å². The molecule has 0 spiro atoms. The predicted molar refractivity (Wildman–Crippen MR) is 66.4 cm³/mol. The van der Waals surface area contributed by atoms with E-state index in [2.05, 4.69) is 0 Å². The molecule has 0 saturated carbocycles. The van der Waals surface area contributed by atoms with Crippen molar-refractivity contribution in [3.05, 3.63) is 30.3 Å². The molecule has 0 radical (unpaired) electrons. The van der Waals surface area contributed by atoms with E-state index in [0.29, 0.717) is 13.0 Å². The van der Waals surface area contributed by atoms with Gasteiger partial charge in [-0.25, -0.2) is 0 Å². The number of carboxylic acids is 1. The average Bonchev–Trinajstić information content (AvgIpc) is 2.74. The zero-order valence-electron chi connectivity index (χ0n) is 9.52. The van der Waals surface area contributed by atoms with E-state index in [1.807, 2.05) is 30.3 Å². The Hall–Kier alpha value is -1.52. The average molecular weight is 314 g/mol. The van der Waals surface area contributed by atoms with Crippen molar-refractivity contribution in [2.24, 2.45) is 0 Å². The third-order valence-corrected chi connectivity index (χ3v) is 5.40. The van der Waals surface area contributed by atoms with E-state index >= 15 is 0 Å². The van der Waals surface area contributed by atoms with E-state index in [1.165, 1.54) is 4.46 Å². The molecule has 1 heterocycles. The standard InChI is InChI=1S/C12H13NO4Se/c14-11(15)10-6-9(7-13(10)12(16)17)18-8-4-2-1-3-5-8/h1-5,9-10H,6-7H2,(H,14,15)(H,16,17)/t9-,10+/m0/s1. The summed E-state index contributed by atoms with van der Waals surface area (Å²) in [7, 11) is 0. The van der Waals surface area contributed by atoms with Crippen molar-refractivity contribution in [1.29, 1.82) is 0 Å². The van der Waals surface area contributed by atoms with Crippen molar-refractivity contribution >= 4 is 31.5 Å². The minimum atomic E-state index is -1.14. The number of hydrogen-bond acceptors (Lipinski definition) is 2. The molecule has 6 heteroatoms. The number of aliphatic carboxylic acids is 1. The fourth-order valence-corrected chi connectivity index (χ4v) is 4.56. The third kappa shape index (κ3) is 2.83. The Labute approximate surface area is 111 Å². The minimum absolute atomic E-state index is 0.110. The Morgan fingerprint density at radius 2 is 1.89 bits per heavy atom. The molecule has 0 aromatic heterocycles. The summed E-state index contributed by atoms with van der Waals surface area (Å²) < 4.78 is 1.17. The molecular weight excluding hydrogens is 301 g/mol. The summed E-state index contributed by atoms with van der Waals surface area (Å²) in [5.41, 5.74) is 0.